The molecule has 1 unspecified atom stereocenters. The van der Waals surface area contributed by atoms with Crippen molar-refractivity contribution < 1.29 is 14.3 Å². The summed E-state index contributed by atoms with van der Waals surface area (Å²) >= 11 is 0. The zero-order chi connectivity index (χ0) is 16.1. The second-order valence-corrected chi connectivity index (χ2v) is 8.07. The second kappa shape index (κ2) is 4.99. The van der Waals surface area contributed by atoms with E-state index < -0.39 is 11.7 Å². The third kappa shape index (κ3) is 3.24. The van der Waals surface area contributed by atoms with Gasteiger partial charge in [-0.15, -0.1) is 0 Å². The highest BCUT2D eigenvalue weighted by molar-refractivity contribution is 5.69. The molecule has 0 saturated heterocycles. The van der Waals surface area contributed by atoms with Gasteiger partial charge >= 0.3 is 6.09 Å². The van der Waals surface area contributed by atoms with Gasteiger partial charge in [-0.05, 0) is 43.6 Å². The number of nitrogens with zero attached hydrogens (tertiary/aromatic N) is 1. The minimum Gasteiger partial charge on any atom is -0.442 e. The van der Waals surface area contributed by atoms with Gasteiger partial charge in [0.25, 0.3) is 0 Å². The minimum atomic E-state index is -0.506. The number of amides is 1. The van der Waals surface area contributed by atoms with Crippen LogP contribution in [0.15, 0.2) is 12.3 Å². The Morgan fingerprint density at radius 1 is 1.24 bits per heavy atom. The standard InChI is InChI=1S/C16H28N2O3/c1-14(2,3)21-13(19)18-9-8-12(17-18)20-10-11-15(4,5)16(11,6)7/h8-9,11-12,17H,10H2,1-7H3. The first-order chi connectivity index (χ1) is 9.45. The Kier molecular flexibility index (Phi) is 3.87. The van der Waals surface area contributed by atoms with Gasteiger partial charge in [-0.1, -0.05) is 27.7 Å². The molecule has 1 heterocycles. The lowest BCUT2D eigenvalue weighted by Gasteiger charge is -2.24. The molecule has 5 nitrogen and oxygen atoms in total. The first-order valence-corrected chi connectivity index (χ1v) is 7.53. The number of carbonyl (C=O) groups excluding carboxylic acids is 1. The molecule has 21 heavy (non-hydrogen) atoms. The maximum atomic E-state index is 11.9. The third-order valence-corrected chi connectivity index (χ3v) is 5.03. The van der Waals surface area contributed by atoms with Crippen molar-refractivity contribution in [1.82, 2.24) is 10.4 Å². The summed E-state index contributed by atoms with van der Waals surface area (Å²) in [6, 6.07) is 0. The van der Waals surface area contributed by atoms with Gasteiger partial charge in [0.2, 0.25) is 0 Å². The molecule has 1 fully saturated rings. The van der Waals surface area contributed by atoms with Crippen LogP contribution in [-0.4, -0.2) is 29.5 Å². The van der Waals surface area contributed by atoms with Crippen molar-refractivity contribution in [3.8, 4) is 0 Å². The van der Waals surface area contributed by atoms with Crippen LogP contribution in [-0.2, 0) is 9.47 Å². The van der Waals surface area contributed by atoms with E-state index >= 15 is 0 Å². The summed E-state index contributed by atoms with van der Waals surface area (Å²) in [5.41, 5.74) is 3.08. The molecule has 1 aliphatic carbocycles. The van der Waals surface area contributed by atoms with Crippen LogP contribution in [0.4, 0.5) is 4.79 Å². The van der Waals surface area contributed by atoms with Crippen LogP contribution in [0.25, 0.3) is 0 Å². The molecule has 5 heteroatoms. The summed E-state index contributed by atoms with van der Waals surface area (Å²) < 4.78 is 11.2. The van der Waals surface area contributed by atoms with Gasteiger partial charge in [0, 0.05) is 6.20 Å². The molecular weight excluding hydrogens is 268 g/mol. The molecule has 0 aromatic heterocycles. The van der Waals surface area contributed by atoms with E-state index in [1.807, 2.05) is 26.8 Å². The molecule has 120 valence electrons. The Morgan fingerprint density at radius 2 is 1.81 bits per heavy atom. The second-order valence-electron chi connectivity index (χ2n) is 8.07. The van der Waals surface area contributed by atoms with E-state index in [2.05, 4.69) is 33.1 Å². The van der Waals surface area contributed by atoms with Crippen molar-refractivity contribution in [2.24, 2.45) is 16.7 Å². The predicted octanol–water partition coefficient (Wildman–Crippen LogP) is 3.28. The lowest BCUT2D eigenvalue weighted by atomic mass is 10.0. The van der Waals surface area contributed by atoms with E-state index in [0.29, 0.717) is 23.4 Å². The maximum absolute atomic E-state index is 11.9. The van der Waals surface area contributed by atoms with Gasteiger partial charge in [0.05, 0.1) is 6.61 Å². The zero-order valence-electron chi connectivity index (χ0n) is 14.2. The first-order valence-electron chi connectivity index (χ1n) is 7.53. The maximum Gasteiger partial charge on any atom is 0.429 e. The average Bonchev–Trinajstić information content (AvgIpc) is 2.69. The minimum absolute atomic E-state index is 0.273. The van der Waals surface area contributed by atoms with Gasteiger partial charge in [0.15, 0.2) is 0 Å². The number of hydrazine groups is 1. The van der Waals surface area contributed by atoms with Crippen LogP contribution in [0.5, 0.6) is 0 Å². The summed E-state index contributed by atoms with van der Waals surface area (Å²) in [4.78, 5) is 11.9. The summed E-state index contributed by atoms with van der Waals surface area (Å²) in [6.45, 7) is 15.3. The Balaban J connectivity index is 1.77. The number of hydrogen-bond donors (Lipinski definition) is 1. The highest BCUT2D eigenvalue weighted by Gasteiger charge is 2.64. The van der Waals surface area contributed by atoms with Crippen molar-refractivity contribution in [1.29, 1.82) is 0 Å². The van der Waals surface area contributed by atoms with Gasteiger partial charge in [-0.3, -0.25) is 0 Å². The van der Waals surface area contributed by atoms with Crippen LogP contribution in [0.3, 0.4) is 0 Å². The van der Waals surface area contributed by atoms with E-state index in [4.69, 9.17) is 9.47 Å². The van der Waals surface area contributed by atoms with Crippen molar-refractivity contribution in [2.75, 3.05) is 6.61 Å². The van der Waals surface area contributed by atoms with Crippen molar-refractivity contribution in [3.63, 3.8) is 0 Å². The number of carbonyl (C=O) groups is 1. The topological polar surface area (TPSA) is 50.8 Å². The highest BCUT2D eigenvalue weighted by Crippen LogP contribution is 2.68. The molecule has 0 aromatic rings. The number of ether oxygens (including phenoxy) is 2. The van der Waals surface area contributed by atoms with Crippen molar-refractivity contribution >= 4 is 6.09 Å². The van der Waals surface area contributed by atoms with Crippen LogP contribution in [0.2, 0.25) is 0 Å². The van der Waals surface area contributed by atoms with Gasteiger partial charge in [-0.25, -0.2) is 9.80 Å². The normalized spacial score (nSPS) is 27.0. The van der Waals surface area contributed by atoms with E-state index in [-0.39, 0.29) is 6.23 Å². The smallest absolute Gasteiger partial charge is 0.429 e. The Hall–Kier alpha value is -1.07. The lowest BCUT2D eigenvalue weighted by Crippen LogP contribution is -2.43. The molecular formula is C16H28N2O3. The molecule has 0 aromatic carbocycles. The summed E-state index contributed by atoms with van der Waals surface area (Å²) in [6.07, 6.45) is 2.79. The predicted molar refractivity (Wildman–Crippen MR) is 81.1 cm³/mol. The van der Waals surface area contributed by atoms with E-state index in [0.717, 1.165) is 0 Å². The third-order valence-electron chi connectivity index (χ3n) is 5.03. The summed E-state index contributed by atoms with van der Waals surface area (Å²) in [7, 11) is 0. The van der Waals surface area contributed by atoms with Gasteiger partial charge < -0.3 is 9.47 Å². The monoisotopic (exact) mass is 296 g/mol. The van der Waals surface area contributed by atoms with E-state index in [9.17, 15) is 4.79 Å². The fourth-order valence-corrected chi connectivity index (χ4v) is 2.85. The van der Waals surface area contributed by atoms with Gasteiger partial charge in [-0.2, -0.15) is 5.43 Å². The van der Waals surface area contributed by atoms with Crippen molar-refractivity contribution in [3.05, 3.63) is 12.3 Å². The van der Waals surface area contributed by atoms with Crippen molar-refractivity contribution in [2.45, 2.75) is 60.3 Å². The average molecular weight is 296 g/mol. The van der Waals surface area contributed by atoms with Crippen LogP contribution >= 0.6 is 0 Å². The van der Waals surface area contributed by atoms with E-state index in [1.165, 1.54) is 5.01 Å². The molecule has 0 radical (unpaired) electrons. The number of rotatable bonds is 3. The molecule has 2 aliphatic rings. The van der Waals surface area contributed by atoms with Crippen LogP contribution < -0.4 is 5.43 Å². The Bertz CT molecular complexity index is 435. The lowest BCUT2D eigenvalue weighted by molar-refractivity contribution is -0.00419. The van der Waals surface area contributed by atoms with Gasteiger partial charge in [0.1, 0.15) is 11.8 Å². The number of nitrogens with one attached hydrogen (secondary N) is 1. The summed E-state index contributed by atoms with van der Waals surface area (Å²) in [5, 5.41) is 1.33. The highest BCUT2D eigenvalue weighted by atomic mass is 16.6. The summed E-state index contributed by atoms with van der Waals surface area (Å²) in [5.74, 6) is 0.538. The van der Waals surface area contributed by atoms with E-state index in [1.54, 1.807) is 6.20 Å². The molecule has 0 spiro atoms. The molecule has 1 amide bonds. The SMILES string of the molecule is CC(C)(C)OC(=O)N1C=CC(OCC2C(C)(C)C2(C)C)N1. The molecule has 1 N–H and O–H groups in total. The fourth-order valence-electron chi connectivity index (χ4n) is 2.85. The van der Waals surface area contributed by atoms with Crippen LogP contribution in [0.1, 0.15) is 48.5 Å². The van der Waals surface area contributed by atoms with Crippen LogP contribution in [0, 0.1) is 16.7 Å². The molecule has 1 saturated carbocycles. The largest absolute Gasteiger partial charge is 0.442 e. The zero-order valence-corrected chi connectivity index (χ0v) is 14.2. The molecule has 1 atom stereocenters. The Morgan fingerprint density at radius 3 is 2.29 bits per heavy atom. The molecule has 0 bridgehead atoms. The Labute approximate surface area is 127 Å². The fraction of sp³-hybridized carbons (Fsp3) is 0.812. The quantitative estimate of drug-likeness (QED) is 0.868. The molecule has 2 rings (SSSR count). The molecule has 1 aliphatic heterocycles. The first kappa shape index (κ1) is 16.3. The number of hydrogen-bond acceptors (Lipinski definition) is 4.